The molecule has 0 aliphatic heterocycles. The quantitative estimate of drug-likeness (QED) is 0.525. The molecule has 0 atom stereocenters. The molecule has 0 aliphatic carbocycles. The molecule has 0 unspecified atom stereocenters. The predicted molar refractivity (Wildman–Crippen MR) is 45.8 cm³/mol. The number of hydrogen-bond acceptors (Lipinski definition) is 3. The fraction of sp³-hybridized carbons (Fsp3) is 0.143. The van der Waals surface area contributed by atoms with E-state index in [0.29, 0.717) is 5.69 Å². The van der Waals surface area contributed by atoms with Crippen molar-refractivity contribution < 1.29 is 14.4 Å². The lowest BCUT2D eigenvalue weighted by Crippen LogP contribution is -2.32. The Morgan fingerprint density at radius 3 is 2.58 bits per heavy atom. The van der Waals surface area contributed by atoms with E-state index in [1.54, 1.807) is 7.05 Å². The Bertz CT molecular complexity index is 280. The lowest BCUT2D eigenvalue weighted by molar-refractivity contribution is 0.425. The zero-order valence-corrected chi connectivity index (χ0v) is 6.58. The number of hydrogen-bond donors (Lipinski definition) is 3. The van der Waals surface area contributed by atoms with Crippen LogP contribution in [0.1, 0.15) is 0 Å². The van der Waals surface area contributed by atoms with Crippen molar-refractivity contribution in [3.8, 4) is 0 Å². The van der Waals surface area contributed by atoms with Gasteiger partial charge in [-0.05, 0) is 18.2 Å². The van der Waals surface area contributed by atoms with E-state index >= 15 is 0 Å². The molecule has 1 rings (SSSR count). The van der Waals surface area contributed by atoms with Gasteiger partial charge in [0.15, 0.2) is 0 Å². The third-order valence-electron chi connectivity index (χ3n) is 1.56. The maximum atomic E-state index is 12.6. The molecule has 0 bridgehead atoms. The van der Waals surface area contributed by atoms with E-state index in [-0.39, 0.29) is 5.46 Å². The van der Waals surface area contributed by atoms with E-state index in [1.807, 2.05) is 0 Å². The maximum absolute atomic E-state index is 12.6. The molecular weight excluding hydrogens is 160 g/mol. The van der Waals surface area contributed by atoms with Gasteiger partial charge in [-0.15, -0.1) is 0 Å². The van der Waals surface area contributed by atoms with E-state index in [9.17, 15) is 4.39 Å². The molecule has 0 spiro atoms. The minimum atomic E-state index is -1.65. The first-order chi connectivity index (χ1) is 5.65. The van der Waals surface area contributed by atoms with Crippen LogP contribution in [0, 0.1) is 5.82 Å². The minimum Gasteiger partial charge on any atom is -0.423 e. The molecule has 0 saturated carbocycles. The van der Waals surface area contributed by atoms with Crippen LogP contribution < -0.4 is 10.8 Å². The van der Waals surface area contributed by atoms with Crippen molar-refractivity contribution in [2.75, 3.05) is 12.4 Å². The summed E-state index contributed by atoms with van der Waals surface area (Å²) in [6, 6.07) is 3.78. The molecule has 0 amide bonds. The highest BCUT2D eigenvalue weighted by molar-refractivity contribution is 6.60. The normalized spacial score (nSPS) is 9.67. The summed E-state index contributed by atoms with van der Waals surface area (Å²) in [6.45, 7) is 0. The van der Waals surface area contributed by atoms with Crippen LogP contribution in [0.2, 0.25) is 0 Å². The van der Waals surface area contributed by atoms with Gasteiger partial charge in [-0.3, -0.25) is 0 Å². The Labute approximate surface area is 70.0 Å². The van der Waals surface area contributed by atoms with Crippen LogP contribution >= 0.6 is 0 Å². The molecule has 0 radical (unpaired) electrons. The summed E-state index contributed by atoms with van der Waals surface area (Å²) in [5.74, 6) is -0.489. The smallest absolute Gasteiger partial charge is 0.423 e. The van der Waals surface area contributed by atoms with Gasteiger partial charge < -0.3 is 15.4 Å². The van der Waals surface area contributed by atoms with Gasteiger partial charge in [0.1, 0.15) is 5.82 Å². The monoisotopic (exact) mass is 169 g/mol. The van der Waals surface area contributed by atoms with Crippen molar-refractivity contribution in [2.24, 2.45) is 0 Å². The van der Waals surface area contributed by atoms with E-state index < -0.39 is 12.9 Å². The van der Waals surface area contributed by atoms with Crippen LogP contribution in [0.5, 0.6) is 0 Å². The summed E-state index contributed by atoms with van der Waals surface area (Å²) in [7, 11) is -0.0257. The van der Waals surface area contributed by atoms with Gasteiger partial charge in [-0.2, -0.15) is 0 Å². The van der Waals surface area contributed by atoms with Gasteiger partial charge in [-0.25, -0.2) is 4.39 Å². The van der Waals surface area contributed by atoms with Crippen LogP contribution in [0.3, 0.4) is 0 Å². The van der Waals surface area contributed by atoms with Crippen molar-refractivity contribution in [3.63, 3.8) is 0 Å². The third-order valence-corrected chi connectivity index (χ3v) is 1.56. The number of rotatable bonds is 2. The highest BCUT2D eigenvalue weighted by Gasteiger charge is 2.15. The van der Waals surface area contributed by atoms with Crippen molar-refractivity contribution in [1.29, 1.82) is 0 Å². The van der Waals surface area contributed by atoms with E-state index in [0.717, 1.165) is 6.07 Å². The molecule has 3 N–H and O–H groups in total. The van der Waals surface area contributed by atoms with E-state index in [2.05, 4.69) is 5.32 Å². The largest absolute Gasteiger partial charge is 0.490 e. The number of nitrogens with one attached hydrogen (secondary N) is 1. The zero-order valence-electron chi connectivity index (χ0n) is 6.58. The number of halogens is 1. The Hall–Kier alpha value is -1.07. The molecular formula is C7H9BFNO2. The second-order valence-electron chi connectivity index (χ2n) is 2.36. The van der Waals surface area contributed by atoms with Crippen molar-refractivity contribution >= 4 is 18.3 Å². The Morgan fingerprint density at radius 2 is 2.08 bits per heavy atom. The van der Waals surface area contributed by atoms with Crippen molar-refractivity contribution in [1.82, 2.24) is 0 Å². The molecule has 5 heteroatoms. The Morgan fingerprint density at radius 1 is 1.42 bits per heavy atom. The second-order valence-corrected chi connectivity index (χ2v) is 2.36. The molecule has 1 aromatic rings. The maximum Gasteiger partial charge on any atom is 0.490 e. The molecule has 0 saturated heterocycles. The Balaban J connectivity index is 3.12. The first-order valence-corrected chi connectivity index (χ1v) is 3.48. The average Bonchev–Trinajstić information content (AvgIpc) is 2.04. The summed E-state index contributed by atoms with van der Waals surface area (Å²) in [4.78, 5) is 0. The molecule has 0 aromatic heterocycles. The van der Waals surface area contributed by atoms with Gasteiger partial charge in [0.25, 0.3) is 0 Å². The molecule has 12 heavy (non-hydrogen) atoms. The van der Waals surface area contributed by atoms with Crippen LogP contribution in [-0.4, -0.2) is 24.2 Å². The standard InChI is InChI=1S/C7H9BFNO2/c1-10-7-3-2-5(9)4-6(7)8(11)12/h2-4,10-12H,1H3. The molecule has 3 nitrogen and oxygen atoms in total. The third kappa shape index (κ3) is 1.75. The van der Waals surface area contributed by atoms with Gasteiger partial charge in [0, 0.05) is 18.2 Å². The summed E-state index contributed by atoms with van der Waals surface area (Å²) in [5, 5.41) is 20.3. The average molecular weight is 169 g/mol. The summed E-state index contributed by atoms with van der Waals surface area (Å²) in [6.07, 6.45) is 0. The summed E-state index contributed by atoms with van der Waals surface area (Å²) < 4.78 is 12.6. The van der Waals surface area contributed by atoms with Crippen LogP contribution in [-0.2, 0) is 0 Å². The van der Waals surface area contributed by atoms with Gasteiger partial charge in [-0.1, -0.05) is 0 Å². The van der Waals surface area contributed by atoms with Gasteiger partial charge in [0.05, 0.1) is 0 Å². The first-order valence-electron chi connectivity index (χ1n) is 3.48. The SMILES string of the molecule is CNc1ccc(F)cc1B(O)O. The van der Waals surface area contributed by atoms with Crippen LogP contribution in [0.4, 0.5) is 10.1 Å². The van der Waals surface area contributed by atoms with Crippen LogP contribution in [0.15, 0.2) is 18.2 Å². The highest BCUT2D eigenvalue weighted by Crippen LogP contribution is 2.05. The fourth-order valence-corrected chi connectivity index (χ4v) is 0.975. The molecule has 0 heterocycles. The topological polar surface area (TPSA) is 52.5 Å². The second kappa shape index (κ2) is 3.56. The molecule has 0 fully saturated rings. The van der Waals surface area contributed by atoms with Crippen LogP contribution in [0.25, 0.3) is 0 Å². The predicted octanol–water partition coefficient (Wildman–Crippen LogP) is -0.453. The van der Waals surface area contributed by atoms with Crippen molar-refractivity contribution in [3.05, 3.63) is 24.0 Å². The lowest BCUT2D eigenvalue weighted by atomic mass is 9.79. The highest BCUT2D eigenvalue weighted by atomic mass is 19.1. The summed E-state index contributed by atoms with van der Waals surface area (Å²) >= 11 is 0. The molecule has 0 aliphatic rings. The van der Waals surface area contributed by atoms with E-state index in [1.165, 1.54) is 12.1 Å². The van der Waals surface area contributed by atoms with Crippen molar-refractivity contribution in [2.45, 2.75) is 0 Å². The van der Waals surface area contributed by atoms with E-state index in [4.69, 9.17) is 10.0 Å². The molecule has 64 valence electrons. The Kier molecular flexibility index (Phi) is 2.67. The first kappa shape index (κ1) is 9.03. The fourth-order valence-electron chi connectivity index (χ4n) is 0.975. The summed E-state index contributed by atoms with van der Waals surface area (Å²) in [5.41, 5.74) is 0.643. The lowest BCUT2D eigenvalue weighted by Gasteiger charge is -2.07. The zero-order chi connectivity index (χ0) is 9.14. The number of benzene rings is 1. The van der Waals surface area contributed by atoms with Gasteiger partial charge >= 0.3 is 7.12 Å². The molecule has 1 aromatic carbocycles. The minimum absolute atomic E-state index is 0.137. The van der Waals surface area contributed by atoms with Gasteiger partial charge in [0.2, 0.25) is 0 Å². The number of anilines is 1.